The van der Waals surface area contributed by atoms with Crippen molar-refractivity contribution in [1.29, 1.82) is 0 Å². The maximum atomic E-state index is 5.31. The van der Waals surface area contributed by atoms with Gasteiger partial charge in [-0.25, -0.2) is 4.98 Å². The van der Waals surface area contributed by atoms with Crippen LogP contribution in [0.4, 0.5) is 11.5 Å². The van der Waals surface area contributed by atoms with Crippen LogP contribution in [0.3, 0.4) is 0 Å². The topological polar surface area (TPSA) is 50.3 Å². The Balaban J connectivity index is 1.31. The van der Waals surface area contributed by atoms with Gasteiger partial charge in [0.05, 0.1) is 19.5 Å². The number of ether oxygens (including phenoxy) is 1. The van der Waals surface area contributed by atoms with Crippen molar-refractivity contribution in [1.82, 2.24) is 9.97 Å². The fourth-order valence-corrected chi connectivity index (χ4v) is 4.29. The summed E-state index contributed by atoms with van der Waals surface area (Å²) in [6.45, 7) is 1.95. The van der Waals surface area contributed by atoms with Crippen molar-refractivity contribution in [2.75, 3.05) is 30.4 Å². The molecule has 2 heterocycles. The van der Waals surface area contributed by atoms with Gasteiger partial charge in [0.2, 0.25) is 0 Å². The average molecular weight is 407 g/mol. The van der Waals surface area contributed by atoms with Crippen molar-refractivity contribution in [3.05, 3.63) is 72.6 Å². The van der Waals surface area contributed by atoms with Crippen LogP contribution >= 0.6 is 11.8 Å². The van der Waals surface area contributed by atoms with Crippen molar-refractivity contribution in [3.8, 4) is 5.75 Å². The maximum Gasteiger partial charge on any atom is 0.148 e. The Hall–Kier alpha value is -2.73. The third-order valence-electron chi connectivity index (χ3n) is 5.09. The van der Waals surface area contributed by atoms with E-state index in [2.05, 4.69) is 45.5 Å². The first kappa shape index (κ1) is 19.6. The minimum Gasteiger partial charge on any atom is -0.497 e. The highest BCUT2D eigenvalue weighted by atomic mass is 32.2. The van der Waals surface area contributed by atoms with Gasteiger partial charge in [0.15, 0.2) is 0 Å². The molecule has 0 spiro atoms. The first-order valence-corrected chi connectivity index (χ1v) is 10.9. The predicted molar refractivity (Wildman–Crippen MR) is 120 cm³/mol. The summed E-state index contributed by atoms with van der Waals surface area (Å²) in [6.07, 6.45) is 5.87. The van der Waals surface area contributed by atoms with Crippen LogP contribution in [0.5, 0.6) is 5.75 Å². The van der Waals surface area contributed by atoms with Gasteiger partial charge < -0.3 is 15.0 Å². The molecule has 0 radical (unpaired) electrons. The summed E-state index contributed by atoms with van der Waals surface area (Å²) < 4.78 is 5.31. The Morgan fingerprint density at radius 2 is 1.90 bits per heavy atom. The number of nitrogens with zero attached hydrogens (tertiary/aromatic N) is 3. The number of nitrogens with one attached hydrogen (secondary N) is 1. The SMILES string of the molecule is COc1cccc(NC2CCN(c3cncc(SCc4ccccc4)n3)CC2)c1. The van der Waals surface area contributed by atoms with Gasteiger partial charge in [-0.15, -0.1) is 11.8 Å². The summed E-state index contributed by atoms with van der Waals surface area (Å²) in [5.41, 5.74) is 2.41. The normalized spacial score (nSPS) is 14.6. The molecule has 3 aromatic rings. The maximum absolute atomic E-state index is 5.31. The molecular weight excluding hydrogens is 380 g/mol. The van der Waals surface area contributed by atoms with E-state index in [0.717, 1.165) is 54.0 Å². The number of benzene rings is 2. The highest BCUT2D eigenvalue weighted by molar-refractivity contribution is 7.98. The van der Waals surface area contributed by atoms with Crippen LogP contribution in [0.15, 0.2) is 72.0 Å². The van der Waals surface area contributed by atoms with Crippen LogP contribution in [0, 0.1) is 0 Å². The third kappa shape index (κ3) is 5.41. The number of hydrogen-bond acceptors (Lipinski definition) is 6. The van der Waals surface area contributed by atoms with E-state index >= 15 is 0 Å². The molecule has 1 aromatic heterocycles. The molecule has 0 amide bonds. The first-order valence-electron chi connectivity index (χ1n) is 9.94. The van der Waals surface area contributed by atoms with E-state index in [1.807, 2.05) is 36.7 Å². The summed E-state index contributed by atoms with van der Waals surface area (Å²) in [7, 11) is 1.70. The van der Waals surface area contributed by atoms with E-state index in [-0.39, 0.29) is 0 Å². The minimum atomic E-state index is 0.460. The zero-order valence-electron chi connectivity index (χ0n) is 16.6. The molecule has 2 aromatic carbocycles. The van der Waals surface area contributed by atoms with E-state index < -0.39 is 0 Å². The number of thioether (sulfide) groups is 1. The zero-order chi connectivity index (χ0) is 19.9. The molecule has 1 fully saturated rings. The molecule has 0 unspecified atom stereocenters. The number of aromatic nitrogens is 2. The van der Waals surface area contributed by atoms with Crippen LogP contribution in [0.1, 0.15) is 18.4 Å². The van der Waals surface area contributed by atoms with Crippen molar-refractivity contribution in [2.45, 2.75) is 29.7 Å². The lowest BCUT2D eigenvalue weighted by atomic mass is 10.0. The van der Waals surface area contributed by atoms with Gasteiger partial charge in [0, 0.05) is 36.6 Å². The minimum absolute atomic E-state index is 0.460. The molecule has 1 saturated heterocycles. The second-order valence-electron chi connectivity index (χ2n) is 7.13. The molecule has 6 heteroatoms. The standard InChI is InChI=1S/C23H26N4OS/c1-28-21-9-5-8-20(14-21)25-19-10-12-27(13-11-19)22-15-24-16-23(26-22)29-17-18-6-3-2-4-7-18/h2-9,14-16,19,25H,10-13,17H2,1H3. The third-order valence-corrected chi connectivity index (χ3v) is 6.06. The number of piperidine rings is 1. The van der Waals surface area contributed by atoms with Crippen molar-refractivity contribution in [3.63, 3.8) is 0 Å². The van der Waals surface area contributed by atoms with E-state index in [1.165, 1.54) is 5.56 Å². The molecule has 0 bridgehead atoms. The second kappa shape index (κ2) is 9.65. The molecule has 0 aliphatic carbocycles. The Bertz CT molecular complexity index is 914. The summed E-state index contributed by atoms with van der Waals surface area (Å²) in [5.74, 6) is 2.77. The van der Waals surface area contributed by atoms with Crippen molar-refractivity contribution < 1.29 is 4.74 Å². The summed E-state index contributed by atoms with van der Waals surface area (Å²) in [6, 6.07) is 19.1. The van der Waals surface area contributed by atoms with Gasteiger partial charge in [-0.2, -0.15) is 0 Å². The Labute approximate surface area is 176 Å². The molecule has 0 saturated carbocycles. The molecule has 5 nitrogen and oxygen atoms in total. The van der Waals surface area contributed by atoms with Crippen LogP contribution in [-0.4, -0.2) is 36.2 Å². The highest BCUT2D eigenvalue weighted by Gasteiger charge is 2.20. The zero-order valence-corrected chi connectivity index (χ0v) is 17.4. The molecule has 4 rings (SSSR count). The van der Waals surface area contributed by atoms with Crippen molar-refractivity contribution >= 4 is 23.3 Å². The Kier molecular flexibility index (Phi) is 6.52. The lowest BCUT2D eigenvalue weighted by molar-refractivity contribution is 0.415. The summed E-state index contributed by atoms with van der Waals surface area (Å²) >= 11 is 1.73. The van der Waals surface area contributed by atoms with Crippen LogP contribution in [-0.2, 0) is 5.75 Å². The molecule has 1 N–H and O–H groups in total. The molecular formula is C23H26N4OS. The molecule has 1 aliphatic rings. The number of hydrogen-bond donors (Lipinski definition) is 1. The lowest BCUT2D eigenvalue weighted by Crippen LogP contribution is -2.39. The van der Waals surface area contributed by atoms with Gasteiger partial charge in [0.1, 0.15) is 16.6 Å². The van der Waals surface area contributed by atoms with Crippen LogP contribution in [0.25, 0.3) is 0 Å². The van der Waals surface area contributed by atoms with Crippen molar-refractivity contribution in [2.24, 2.45) is 0 Å². The Morgan fingerprint density at radius 3 is 2.69 bits per heavy atom. The van der Waals surface area contributed by atoms with E-state index in [4.69, 9.17) is 9.72 Å². The largest absolute Gasteiger partial charge is 0.497 e. The fraction of sp³-hybridized carbons (Fsp3) is 0.304. The van der Waals surface area contributed by atoms with E-state index in [0.29, 0.717) is 6.04 Å². The molecule has 0 atom stereocenters. The van der Waals surface area contributed by atoms with Gasteiger partial charge in [-0.3, -0.25) is 4.98 Å². The molecule has 1 aliphatic heterocycles. The summed E-state index contributed by atoms with van der Waals surface area (Å²) in [4.78, 5) is 11.6. The predicted octanol–water partition coefficient (Wildman–Crippen LogP) is 4.86. The first-order chi connectivity index (χ1) is 14.3. The molecule has 150 valence electrons. The van der Waals surface area contributed by atoms with E-state index in [9.17, 15) is 0 Å². The monoisotopic (exact) mass is 406 g/mol. The second-order valence-corrected chi connectivity index (χ2v) is 8.12. The van der Waals surface area contributed by atoms with Gasteiger partial charge in [-0.1, -0.05) is 36.4 Å². The van der Waals surface area contributed by atoms with Crippen LogP contribution < -0.4 is 15.0 Å². The number of anilines is 2. The van der Waals surface area contributed by atoms with Crippen LogP contribution in [0.2, 0.25) is 0 Å². The lowest BCUT2D eigenvalue weighted by Gasteiger charge is -2.33. The number of rotatable bonds is 7. The Morgan fingerprint density at radius 1 is 1.07 bits per heavy atom. The van der Waals surface area contributed by atoms with Gasteiger partial charge in [-0.05, 0) is 30.5 Å². The van der Waals surface area contributed by atoms with E-state index in [1.54, 1.807) is 18.9 Å². The highest BCUT2D eigenvalue weighted by Crippen LogP contribution is 2.25. The van der Waals surface area contributed by atoms with Gasteiger partial charge in [0.25, 0.3) is 0 Å². The summed E-state index contributed by atoms with van der Waals surface area (Å²) in [5, 5.41) is 4.61. The average Bonchev–Trinajstić information content (AvgIpc) is 2.79. The smallest absolute Gasteiger partial charge is 0.148 e. The number of methoxy groups -OCH3 is 1. The quantitative estimate of drug-likeness (QED) is 0.566. The molecule has 29 heavy (non-hydrogen) atoms. The van der Waals surface area contributed by atoms with Gasteiger partial charge >= 0.3 is 0 Å². The fourth-order valence-electron chi connectivity index (χ4n) is 3.49.